The number of amides is 2. The van der Waals surface area contributed by atoms with Gasteiger partial charge in [-0.15, -0.1) is 5.10 Å². The summed E-state index contributed by atoms with van der Waals surface area (Å²) in [5.41, 5.74) is 7.94. The van der Waals surface area contributed by atoms with Crippen LogP contribution in [0.5, 0.6) is 5.75 Å². The van der Waals surface area contributed by atoms with Crippen molar-refractivity contribution in [1.29, 1.82) is 0 Å². The van der Waals surface area contributed by atoms with E-state index in [9.17, 15) is 19.8 Å². The number of hydroxylamine groups is 1. The summed E-state index contributed by atoms with van der Waals surface area (Å²) < 4.78 is 14.8. The second kappa shape index (κ2) is 18.6. The van der Waals surface area contributed by atoms with Crippen molar-refractivity contribution in [1.82, 2.24) is 31.0 Å². The molecule has 2 amide bonds. The fourth-order valence-corrected chi connectivity index (χ4v) is 6.94. The number of unbranched alkanes of at least 4 members (excludes halogenated alkanes) is 2. The first-order valence-corrected chi connectivity index (χ1v) is 18.5. The van der Waals surface area contributed by atoms with E-state index < -0.39 is 12.2 Å². The molecule has 276 valence electrons. The highest BCUT2D eigenvalue weighted by Gasteiger charge is 2.33. The van der Waals surface area contributed by atoms with E-state index in [1.54, 1.807) is 34.4 Å². The van der Waals surface area contributed by atoms with E-state index in [1.165, 1.54) is 11.8 Å². The fourth-order valence-electron chi connectivity index (χ4n) is 6.03. The maximum absolute atomic E-state index is 12.4. The predicted octanol–water partition coefficient (Wildman–Crippen LogP) is 5.94. The number of rotatable bonds is 16. The molecule has 1 aromatic heterocycles. The van der Waals surface area contributed by atoms with Crippen LogP contribution in [0.4, 0.5) is 0 Å². The van der Waals surface area contributed by atoms with Crippen molar-refractivity contribution in [3.63, 3.8) is 0 Å². The van der Waals surface area contributed by atoms with Gasteiger partial charge in [0.05, 0.1) is 24.5 Å². The van der Waals surface area contributed by atoms with Crippen LogP contribution in [0.25, 0.3) is 16.8 Å². The first-order valence-electron chi connectivity index (χ1n) is 17.5. The van der Waals surface area contributed by atoms with Crippen molar-refractivity contribution in [2.24, 2.45) is 0 Å². The van der Waals surface area contributed by atoms with Gasteiger partial charge in [-0.05, 0) is 87.5 Å². The number of aromatic nitrogens is 4. The normalized spacial score (nSPS) is 17.0. The number of aromatic hydroxyl groups is 1. The van der Waals surface area contributed by atoms with Gasteiger partial charge in [-0.3, -0.25) is 14.8 Å². The Labute approximate surface area is 311 Å². The highest BCUT2D eigenvalue weighted by atomic mass is 32.2. The average Bonchev–Trinajstić information content (AvgIpc) is 3.68. The quantitative estimate of drug-likeness (QED) is 0.0350. The molecule has 14 heteroatoms. The molecule has 1 saturated heterocycles. The molecule has 1 aliphatic heterocycles. The van der Waals surface area contributed by atoms with Gasteiger partial charge < -0.3 is 25.0 Å². The van der Waals surface area contributed by atoms with Crippen molar-refractivity contribution >= 4 is 23.6 Å². The van der Waals surface area contributed by atoms with Gasteiger partial charge in [0.15, 0.2) is 6.29 Å². The number of aliphatic hydroxyl groups excluding tert-OH is 1. The fraction of sp³-hybridized carbons (Fsp3) is 0.308. The number of thioether (sulfide) groups is 1. The molecule has 1 aliphatic rings. The maximum atomic E-state index is 12.4. The number of hydrogen-bond acceptors (Lipinski definition) is 11. The molecule has 5 aromatic rings. The number of nitrogens with one attached hydrogen (secondary N) is 2. The summed E-state index contributed by atoms with van der Waals surface area (Å²) in [7, 11) is 0. The Balaban J connectivity index is 1.13. The lowest BCUT2D eigenvalue weighted by atomic mass is 9.99. The molecule has 2 heterocycles. The van der Waals surface area contributed by atoms with E-state index >= 15 is 0 Å². The molecule has 13 nitrogen and oxygen atoms in total. The third-order valence-electron chi connectivity index (χ3n) is 8.89. The van der Waals surface area contributed by atoms with E-state index in [4.69, 9.17) is 14.7 Å². The summed E-state index contributed by atoms with van der Waals surface area (Å²) in [6.45, 7) is 0.349. The zero-order valence-electron chi connectivity index (χ0n) is 29.0. The summed E-state index contributed by atoms with van der Waals surface area (Å²) in [6, 6.07) is 30.5. The largest absolute Gasteiger partial charge is 0.508 e. The minimum atomic E-state index is -0.662. The summed E-state index contributed by atoms with van der Waals surface area (Å²) >= 11 is 1.47. The third kappa shape index (κ3) is 10.5. The van der Waals surface area contributed by atoms with Crippen molar-refractivity contribution in [3.05, 3.63) is 119 Å². The van der Waals surface area contributed by atoms with Crippen molar-refractivity contribution in [3.8, 4) is 22.6 Å². The number of nitrogens with zero attached hydrogens (tertiary/aromatic N) is 4. The lowest BCUT2D eigenvalue weighted by Crippen LogP contribution is -2.31. The summed E-state index contributed by atoms with van der Waals surface area (Å²) in [5, 5.41) is 43.7. The van der Waals surface area contributed by atoms with Crippen LogP contribution in [-0.2, 0) is 32.2 Å². The molecule has 6 rings (SSSR count). The lowest BCUT2D eigenvalue weighted by Gasteiger charge is -2.36. The Morgan fingerprint density at radius 1 is 0.830 bits per heavy atom. The van der Waals surface area contributed by atoms with Gasteiger partial charge in [0.2, 0.25) is 17.0 Å². The highest BCUT2D eigenvalue weighted by Crippen LogP contribution is 2.40. The van der Waals surface area contributed by atoms with Crippen LogP contribution in [0, 0.1) is 0 Å². The molecular weight excluding hydrogens is 697 g/mol. The number of benzene rings is 4. The Morgan fingerprint density at radius 2 is 1.57 bits per heavy atom. The van der Waals surface area contributed by atoms with Crippen molar-refractivity contribution in [2.45, 2.75) is 75.3 Å². The van der Waals surface area contributed by atoms with Gasteiger partial charge in [-0.25, -0.2) is 5.48 Å². The summed E-state index contributed by atoms with van der Waals surface area (Å²) in [4.78, 5) is 23.6. The van der Waals surface area contributed by atoms with Crippen molar-refractivity contribution in [2.75, 3.05) is 5.75 Å². The second-order valence-corrected chi connectivity index (χ2v) is 13.7. The van der Waals surface area contributed by atoms with Crippen LogP contribution in [-0.4, -0.2) is 59.3 Å². The minimum Gasteiger partial charge on any atom is -0.508 e. The number of aliphatic hydroxyl groups is 1. The molecule has 53 heavy (non-hydrogen) atoms. The van der Waals surface area contributed by atoms with Gasteiger partial charge in [-0.2, -0.15) is 4.68 Å². The maximum Gasteiger partial charge on any atom is 0.243 e. The molecule has 5 N–H and O–H groups in total. The number of phenolic OH excluding ortho intramolecular Hbond substituents is 1. The topological polar surface area (TPSA) is 181 Å². The van der Waals surface area contributed by atoms with Gasteiger partial charge in [-0.1, -0.05) is 78.8 Å². The Kier molecular flexibility index (Phi) is 13.2. The number of tetrazole rings is 1. The molecule has 3 atom stereocenters. The Morgan fingerprint density at radius 3 is 2.32 bits per heavy atom. The van der Waals surface area contributed by atoms with E-state index in [0.29, 0.717) is 43.1 Å². The zero-order valence-corrected chi connectivity index (χ0v) is 29.8. The van der Waals surface area contributed by atoms with Crippen LogP contribution < -0.4 is 10.8 Å². The highest BCUT2D eigenvalue weighted by molar-refractivity contribution is 7.99. The number of ether oxygens (including phenoxy) is 2. The van der Waals surface area contributed by atoms with Gasteiger partial charge in [0.1, 0.15) is 5.75 Å². The zero-order chi connectivity index (χ0) is 37.0. The number of hydrogen-bond donors (Lipinski definition) is 5. The molecular formula is C39H42N6O7S. The van der Waals surface area contributed by atoms with Gasteiger partial charge in [0.25, 0.3) is 0 Å². The molecule has 0 aliphatic carbocycles. The van der Waals surface area contributed by atoms with E-state index in [1.807, 2.05) is 60.7 Å². The molecule has 3 unspecified atom stereocenters. The third-order valence-corrected chi connectivity index (χ3v) is 9.94. The standard InChI is InChI=1S/C39H42N6O7S/c46-24-26-12-14-28(15-13-26)35-22-34(25-53-39-41-43-44-45(39)32-16-18-33(47)19-17-32)51-38(52-35)31-9-5-8-30(21-31)29-7-4-6-27(20-29)23-40-36(48)10-2-1-3-11-37(49)42-50/h4-9,12-21,34-35,38,46-47,50H,1-3,10-11,22-25H2,(H,40,48)(H,42,49). The van der Waals surface area contributed by atoms with Crippen LogP contribution in [0.2, 0.25) is 0 Å². The number of phenols is 1. The molecule has 4 aromatic carbocycles. The molecule has 1 fully saturated rings. The predicted molar refractivity (Wildman–Crippen MR) is 197 cm³/mol. The summed E-state index contributed by atoms with van der Waals surface area (Å²) in [6.07, 6.45) is 2.04. The van der Waals surface area contributed by atoms with Crippen LogP contribution in [0.1, 0.15) is 73.2 Å². The smallest absolute Gasteiger partial charge is 0.243 e. The van der Waals surface area contributed by atoms with Crippen LogP contribution in [0.15, 0.2) is 102 Å². The molecule has 0 saturated carbocycles. The SMILES string of the molecule is O=C(CCCCCC(=O)NCc1cccc(-c2cccc(C3OC(CSc4nnnn4-c4ccc(O)cc4)CC(c4ccc(CO)cc4)O3)c2)c1)NO. The second-order valence-electron chi connectivity index (χ2n) is 12.7. The van der Waals surface area contributed by atoms with E-state index in [2.05, 4.69) is 33.0 Å². The van der Waals surface area contributed by atoms with E-state index in [-0.39, 0.29) is 36.9 Å². The number of carbonyl (C=O) groups excluding carboxylic acids is 2. The van der Waals surface area contributed by atoms with Gasteiger partial charge in [0, 0.05) is 37.1 Å². The van der Waals surface area contributed by atoms with Crippen molar-refractivity contribution < 1.29 is 34.5 Å². The molecule has 0 bridgehead atoms. The van der Waals surface area contributed by atoms with Crippen LogP contribution >= 0.6 is 11.8 Å². The Bertz CT molecular complexity index is 1960. The molecule has 0 spiro atoms. The van der Waals surface area contributed by atoms with Crippen LogP contribution in [0.3, 0.4) is 0 Å². The minimum absolute atomic E-state index is 0.0397. The number of carbonyl (C=O) groups is 2. The summed E-state index contributed by atoms with van der Waals surface area (Å²) in [5.74, 6) is 0.235. The molecule has 0 radical (unpaired) electrons. The first-order chi connectivity index (χ1) is 25.9. The average molecular weight is 739 g/mol. The van der Waals surface area contributed by atoms with Gasteiger partial charge >= 0.3 is 0 Å². The monoisotopic (exact) mass is 738 g/mol. The lowest BCUT2D eigenvalue weighted by molar-refractivity contribution is -0.245. The van der Waals surface area contributed by atoms with E-state index in [0.717, 1.165) is 45.5 Å². The Hall–Kier alpha value is -5.12. The first kappa shape index (κ1) is 37.6.